The number of hydrogen-bond donors (Lipinski definition) is 2. The van der Waals surface area contributed by atoms with E-state index in [0.29, 0.717) is 17.3 Å². The number of benzene rings is 2. The zero-order valence-electron chi connectivity index (χ0n) is 14.0. The lowest BCUT2D eigenvalue weighted by atomic mass is 10.1. The summed E-state index contributed by atoms with van der Waals surface area (Å²) in [7, 11) is 0. The number of nitrogens with one attached hydrogen (secondary N) is 2. The first-order chi connectivity index (χ1) is 12.3. The largest absolute Gasteiger partial charge is 0.354 e. The SMILES string of the molecule is CCCNc1nc(Nc2cccc(C#N)c2)cc(-c2ccccc2)n1. The van der Waals surface area contributed by atoms with Crippen molar-refractivity contribution in [2.75, 3.05) is 17.2 Å². The molecule has 3 aromatic rings. The predicted octanol–water partition coefficient (Wildman–Crippen LogP) is 4.58. The van der Waals surface area contributed by atoms with Gasteiger partial charge in [0.15, 0.2) is 0 Å². The Bertz CT molecular complexity index is 884. The van der Waals surface area contributed by atoms with Crippen LogP contribution in [0.5, 0.6) is 0 Å². The van der Waals surface area contributed by atoms with E-state index in [9.17, 15) is 0 Å². The molecule has 1 aromatic heterocycles. The van der Waals surface area contributed by atoms with E-state index in [-0.39, 0.29) is 0 Å². The fourth-order valence-corrected chi connectivity index (χ4v) is 2.40. The second-order valence-corrected chi connectivity index (χ2v) is 5.57. The Hall–Kier alpha value is -3.39. The molecule has 0 aliphatic rings. The zero-order chi connectivity index (χ0) is 17.5. The molecular formula is C20H19N5. The minimum Gasteiger partial charge on any atom is -0.354 e. The molecule has 0 spiro atoms. The van der Waals surface area contributed by atoms with Crippen molar-refractivity contribution in [1.29, 1.82) is 5.26 Å². The molecular weight excluding hydrogens is 310 g/mol. The normalized spacial score (nSPS) is 10.1. The molecule has 5 nitrogen and oxygen atoms in total. The molecule has 3 rings (SSSR count). The molecule has 0 radical (unpaired) electrons. The molecule has 25 heavy (non-hydrogen) atoms. The van der Waals surface area contributed by atoms with E-state index in [0.717, 1.165) is 29.9 Å². The summed E-state index contributed by atoms with van der Waals surface area (Å²) >= 11 is 0. The van der Waals surface area contributed by atoms with Gasteiger partial charge in [0.1, 0.15) is 5.82 Å². The molecule has 0 saturated heterocycles. The van der Waals surface area contributed by atoms with Crippen LogP contribution in [-0.4, -0.2) is 16.5 Å². The van der Waals surface area contributed by atoms with Crippen molar-refractivity contribution < 1.29 is 0 Å². The first-order valence-corrected chi connectivity index (χ1v) is 8.24. The van der Waals surface area contributed by atoms with E-state index < -0.39 is 0 Å². The fraction of sp³-hybridized carbons (Fsp3) is 0.150. The second-order valence-electron chi connectivity index (χ2n) is 5.57. The van der Waals surface area contributed by atoms with Crippen LogP contribution in [0.3, 0.4) is 0 Å². The average Bonchev–Trinajstić information content (AvgIpc) is 2.67. The Balaban J connectivity index is 1.95. The topological polar surface area (TPSA) is 73.6 Å². The van der Waals surface area contributed by atoms with Crippen molar-refractivity contribution in [2.24, 2.45) is 0 Å². The van der Waals surface area contributed by atoms with Crippen LogP contribution in [0.25, 0.3) is 11.3 Å². The average molecular weight is 329 g/mol. The maximum atomic E-state index is 9.05. The Morgan fingerprint density at radius 2 is 1.84 bits per heavy atom. The first-order valence-electron chi connectivity index (χ1n) is 8.24. The standard InChI is InChI=1S/C20H19N5/c1-2-11-22-20-24-18(16-8-4-3-5-9-16)13-19(25-20)23-17-10-6-7-15(12-17)14-21/h3-10,12-13H,2,11H2,1H3,(H2,22,23,24,25). The minimum atomic E-state index is 0.585. The number of anilines is 3. The Kier molecular flexibility index (Phi) is 5.22. The molecule has 0 fully saturated rings. The van der Waals surface area contributed by atoms with Gasteiger partial charge >= 0.3 is 0 Å². The van der Waals surface area contributed by atoms with Crippen LogP contribution in [0.1, 0.15) is 18.9 Å². The second kappa shape index (κ2) is 7.93. The quantitative estimate of drug-likeness (QED) is 0.692. The van der Waals surface area contributed by atoms with Gasteiger partial charge in [0.25, 0.3) is 0 Å². The van der Waals surface area contributed by atoms with Gasteiger partial charge in [0.05, 0.1) is 17.3 Å². The third-order valence-electron chi connectivity index (χ3n) is 3.59. The molecule has 1 heterocycles. The number of aromatic nitrogens is 2. The Labute approximate surface area is 147 Å². The monoisotopic (exact) mass is 329 g/mol. The molecule has 0 bridgehead atoms. The van der Waals surface area contributed by atoms with Gasteiger partial charge in [-0.15, -0.1) is 0 Å². The van der Waals surface area contributed by atoms with E-state index in [1.54, 1.807) is 12.1 Å². The molecule has 0 saturated carbocycles. The van der Waals surface area contributed by atoms with Crippen molar-refractivity contribution in [3.63, 3.8) is 0 Å². The summed E-state index contributed by atoms with van der Waals surface area (Å²) in [5.41, 5.74) is 3.29. The van der Waals surface area contributed by atoms with Crippen LogP contribution in [0.15, 0.2) is 60.7 Å². The van der Waals surface area contributed by atoms with Crippen LogP contribution in [0, 0.1) is 11.3 Å². The van der Waals surface area contributed by atoms with Gasteiger partial charge in [-0.3, -0.25) is 0 Å². The van der Waals surface area contributed by atoms with Gasteiger partial charge in [-0.25, -0.2) is 4.98 Å². The van der Waals surface area contributed by atoms with Gasteiger partial charge in [0.2, 0.25) is 5.95 Å². The molecule has 5 heteroatoms. The van der Waals surface area contributed by atoms with Gasteiger partial charge < -0.3 is 10.6 Å². The van der Waals surface area contributed by atoms with Crippen molar-refractivity contribution in [2.45, 2.75) is 13.3 Å². The van der Waals surface area contributed by atoms with Crippen molar-refractivity contribution in [3.8, 4) is 17.3 Å². The molecule has 0 atom stereocenters. The van der Waals surface area contributed by atoms with Crippen molar-refractivity contribution >= 4 is 17.5 Å². The number of nitrogens with zero attached hydrogens (tertiary/aromatic N) is 3. The summed E-state index contributed by atoms with van der Waals surface area (Å²) in [4.78, 5) is 9.13. The number of nitriles is 1. The molecule has 124 valence electrons. The highest BCUT2D eigenvalue weighted by atomic mass is 15.1. The van der Waals surface area contributed by atoms with Crippen LogP contribution in [0.2, 0.25) is 0 Å². The van der Waals surface area contributed by atoms with E-state index in [2.05, 4.69) is 33.6 Å². The summed E-state index contributed by atoms with van der Waals surface area (Å²) in [6, 6.07) is 21.4. The van der Waals surface area contributed by atoms with Gasteiger partial charge in [0, 0.05) is 23.9 Å². The summed E-state index contributed by atoms with van der Waals surface area (Å²) in [5, 5.41) is 15.6. The van der Waals surface area contributed by atoms with Crippen LogP contribution >= 0.6 is 0 Å². The molecule has 0 unspecified atom stereocenters. The summed E-state index contributed by atoms with van der Waals surface area (Å²) < 4.78 is 0. The molecule has 0 aliphatic heterocycles. The first kappa shape index (κ1) is 16.5. The van der Waals surface area contributed by atoms with E-state index >= 15 is 0 Å². The highest BCUT2D eigenvalue weighted by Crippen LogP contribution is 2.24. The lowest BCUT2D eigenvalue weighted by Crippen LogP contribution is -2.07. The fourth-order valence-electron chi connectivity index (χ4n) is 2.40. The Morgan fingerprint density at radius 3 is 2.60 bits per heavy atom. The van der Waals surface area contributed by atoms with Crippen molar-refractivity contribution in [1.82, 2.24) is 9.97 Å². The van der Waals surface area contributed by atoms with Crippen LogP contribution in [-0.2, 0) is 0 Å². The smallest absolute Gasteiger partial charge is 0.225 e. The van der Waals surface area contributed by atoms with Crippen LogP contribution in [0.4, 0.5) is 17.5 Å². The highest BCUT2D eigenvalue weighted by molar-refractivity contribution is 5.67. The van der Waals surface area contributed by atoms with Crippen LogP contribution < -0.4 is 10.6 Å². The summed E-state index contributed by atoms with van der Waals surface area (Å²) in [6.07, 6.45) is 0.992. The predicted molar refractivity (Wildman–Crippen MR) is 101 cm³/mol. The molecule has 0 aliphatic carbocycles. The lowest BCUT2D eigenvalue weighted by molar-refractivity contribution is 0.954. The zero-order valence-corrected chi connectivity index (χ0v) is 14.0. The van der Waals surface area contributed by atoms with Gasteiger partial charge in [-0.2, -0.15) is 10.2 Å². The lowest BCUT2D eigenvalue weighted by Gasteiger charge is -2.11. The number of hydrogen-bond acceptors (Lipinski definition) is 5. The number of rotatable bonds is 6. The van der Waals surface area contributed by atoms with Gasteiger partial charge in [-0.05, 0) is 24.6 Å². The molecule has 2 aromatic carbocycles. The molecule has 0 amide bonds. The minimum absolute atomic E-state index is 0.585. The highest BCUT2D eigenvalue weighted by Gasteiger charge is 2.07. The van der Waals surface area contributed by atoms with E-state index in [1.165, 1.54) is 0 Å². The van der Waals surface area contributed by atoms with E-state index in [1.807, 2.05) is 48.5 Å². The summed E-state index contributed by atoms with van der Waals surface area (Å²) in [5.74, 6) is 1.27. The maximum absolute atomic E-state index is 9.05. The van der Waals surface area contributed by atoms with Gasteiger partial charge in [-0.1, -0.05) is 43.3 Å². The summed E-state index contributed by atoms with van der Waals surface area (Å²) in [6.45, 7) is 2.90. The van der Waals surface area contributed by atoms with E-state index in [4.69, 9.17) is 5.26 Å². The molecule has 2 N–H and O–H groups in total. The van der Waals surface area contributed by atoms with Crippen molar-refractivity contribution in [3.05, 3.63) is 66.2 Å². The third-order valence-corrected chi connectivity index (χ3v) is 3.59. The third kappa shape index (κ3) is 4.33. The Morgan fingerprint density at radius 1 is 1.00 bits per heavy atom. The maximum Gasteiger partial charge on any atom is 0.225 e.